The molecule has 0 aromatic heterocycles. The standard InChI is InChI=1S/C13H16FN3O3/c1-7-5-16(6-8(7)2)13(18)11-9(14)3-4-10(12(11)15)17(19)20/h3-4,7-8H,5-6,15H2,1-2H3. The number of carbonyl (C=O) groups is 1. The van der Waals surface area contributed by atoms with Crippen molar-refractivity contribution in [2.24, 2.45) is 11.8 Å². The Balaban J connectivity index is 2.40. The van der Waals surface area contributed by atoms with Crippen LogP contribution in [0.15, 0.2) is 12.1 Å². The van der Waals surface area contributed by atoms with Crippen LogP contribution >= 0.6 is 0 Å². The Morgan fingerprint density at radius 2 is 1.95 bits per heavy atom. The van der Waals surface area contributed by atoms with Gasteiger partial charge in [-0.15, -0.1) is 0 Å². The van der Waals surface area contributed by atoms with Gasteiger partial charge in [-0.2, -0.15) is 0 Å². The zero-order valence-electron chi connectivity index (χ0n) is 11.3. The van der Waals surface area contributed by atoms with Gasteiger partial charge in [-0.25, -0.2) is 4.39 Å². The van der Waals surface area contributed by atoms with E-state index >= 15 is 0 Å². The predicted molar refractivity (Wildman–Crippen MR) is 71.7 cm³/mol. The van der Waals surface area contributed by atoms with E-state index in [2.05, 4.69) is 0 Å². The van der Waals surface area contributed by atoms with Crippen LogP contribution in [0.3, 0.4) is 0 Å². The third-order valence-electron chi connectivity index (χ3n) is 3.86. The summed E-state index contributed by atoms with van der Waals surface area (Å²) >= 11 is 0. The minimum atomic E-state index is -0.828. The van der Waals surface area contributed by atoms with Gasteiger partial charge in [-0.1, -0.05) is 13.8 Å². The second-order valence-corrected chi connectivity index (χ2v) is 5.28. The van der Waals surface area contributed by atoms with Crippen molar-refractivity contribution < 1.29 is 14.1 Å². The second-order valence-electron chi connectivity index (χ2n) is 5.28. The van der Waals surface area contributed by atoms with Crippen molar-refractivity contribution in [2.45, 2.75) is 13.8 Å². The molecule has 2 N–H and O–H groups in total. The SMILES string of the molecule is CC1CN(C(=O)c2c(F)ccc([N+](=O)[O-])c2N)CC1C. The number of amides is 1. The van der Waals surface area contributed by atoms with Gasteiger partial charge in [-0.05, 0) is 17.9 Å². The average Bonchev–Trinajstić information content (AvgIpc) is 2.69. The molecule has 0 bridgehead atoms. The van der Waals surface area contributed by atoms with Crippen molar-refractivity contribution in [3.8, 4) is 0 Å². The summed E-state index contributed by atoms with van der Waals surface area (Å²) in [4.78, 5) is 23.9. The number of hydrogen-bond donors (Lipinski definition) is 1. The lowest BCUT2D eigenvalue weighted by atomic mass is 10.0. The van der Waals surface area contributed by atoms with Crippen molar-refractivity contribution in [3.63, 3.8) is 0 Å². The van der Waals surface area contributed by atoms with E-state index in [0.717, 1.165) is 12.1 Å². The minimum Gasteiger partial charge on any atom is -0.392 e. The summed E-state index contributed by atoms with van der Waals surface area (Å²) in [6.07, 6.45) is 0. The Morgan fingerprint density at radius 1 is 1.40 bits per heavy atom. The topological polar surface area (TPSA) is 89.5 Å². The second kappa shape index (κ2) is 5.07. The average molecular weight is 281 g/mol. The summed E-state index contributed by atoms with van der Waals surface area (Å²) in [7, 11) is 0. The third kappa shape index (κ3) is 2.31. The number of likely N-dealkylation sites (tertiary alicyclic amines) is 1. The van der Waals surface area contributed by atoms with Gasteiger partial charge in [0.1, 0.15) is 17.1 Å². The fraction of sp³-hybridized carbons (Fsp3) is 0.462. The molecule has 20 heavy (non-hydrogen) atoms. The fourth-order valence-corrected chi connectivity index (χ4v) is 2.41. The maximum atomic E-state index is 13.8. The molecule has 7 heteroatoms. The Labute approximate surface area is 115 Å². The van der Waals surface area contributed by atoms with Crippen LogP contribution in [0.5, 0.6) is 0 Å². The van der Waals surface area contributed by atoms with Crippen LogP contribution in [-0.4, -0.2) is 28.8 Å². The number of nitrogens with zero attached hydrogens (tertiary/aromatic N) is 2. The van der Waals surface area contributed by atoms with Crippen LogP contribution in [-0.2, 0) is 0 Å². The van der Waals surface area contributed by atoms with Gasteiger partial charge in [0.15, 0.2) is 0 Å². The predicted octanol–water partition coefficient (Wildman–Crippen LogP) is 2.04. The molecule has 0 saturated carbocycles. The summed E-state index contributed by atoms with van der Waals surface area (Å²) in [6, 6.07) is 1.88. The molecule has 1 fully saturated rings. The Hall–Kier alpha value is -2.18. The number of nitro groups is 1. The maximum absolute atomic E-state index is 13.8. The Kier molecular flexibility index (Phi) is 3.61. The number of rotatable bonds is 2. The number of anilines is 1. The van der Waals surface area contributed by atoms with Crippen LogP contribution in [0.2, 0.25) is 0 Å². The van der Waals surface area contributed by atoms with Gasteiger partial charge in [-0.3, -0.25) is 14.9 Å². The van der Waals surface area contributed by atoms with Crippen LogP contribution < -0.4 is 5.73 Å². The van der Waals surface area contributed by atoms with Crippen LogP contribution in [0.1, 0.15) is 24.2 Å². The van der Waals surface area contributed by atoms with Gasteiger partial charge in [0.05, 0.1) is 4.92 Å². The quantitative estimate of drug-likeness (QED) is 0.510. The number of carbonyl (C=O) groups excluding carboxylic acids is 1. The fourth-order valence-electron chi connectivity index (χ4n) is 2.41. The smallest absolute Gasteiger partial charge is 0.293 e. The molecule has 1 heterocycles. The molecule has 1 aliphatic rings. The highest BCUT2D eigenvalue weighted by Gasteiger charge is 2.33. The van der Waals surface area contributed by atoms with E-state index in [9.17, 15) is 19.3 Å². The maximum Gasteiger partial charge on any atom is 0.293 e. The number of hydrogen-bond acceptors (Lipinski definition) is 4. The lowest BCUT2D eigenvalue weighted by Crippen LogP contribution is -2.30. The summed E-state index contributed by atoms with van der Waals surface area (Å²) < 4.78 is 13.8. The molecular weight excluding hydrogens is 265 g/mol. The molecule has 108 valence electrons. The molecule has 1 amide bonds. The zero-order chi connectivity index (χ0) is 15.0. The molecule has 6 nitrogen and oxygen atoms in total. The summed E-state index contributed by atoms with van der Waals surface area (Å²) in [5, 5.41) is 10.8. The van der Waals surface area contributed by atoms with E-state index < -0.39 is 33.6 Å². The third-order valence-corrected chi connectivity index (χ3v) is 3.86. The normalized spacial score (nSPS) is 22.1. The molecule has 2 atom stereocenters. The van der Waals surface area contributed by atoms with E-state index in [-0.39, 0.29) is 0 Å². The molecule has 2 unspecified atom stereocenters. The van der Waals surface area contributed by atoms with E-state index in [1.54, 1.807) is 0 Å². The molecule has 2 rings (SSSR count). The zero-order valence-corrected chi connectivity index (χ0v) is 11.3. The van der Waals surface area contributed by atoms with Crippen molar-refractivity contribution >= 4 is 17.3 Å². The monoisotopic (exact) mass is 281 g/mol. The molecule has 1 saturated heterocycles. The molecule has 1 aliphatic heterocycles. The van der Waals surface area contributed by atoms with Gasteiger partial charge in [0, 0.05) is 19.2 Å². The first-order valence-corrected chi connectivity index (χ1v) is 6.34. The highest BCUT2D eigenvalue weighted by Crippen LogP contribution is 2.31. The first-order chi connectivity index (χ1) is 9.32. The van der Waals surface area contributed by atoms with E-state index in [1.807, 2.05) is 13.8 Å². The lowest BCUT2D eigenvalue weighted by molar-refractivity contribution is -0.384. The van der Waals surface area contributed by atoms with Crippen LogP contribution in [0, 0.1) is 27.8 Å². The molecule has 0 aliphatic carbocycles. The van der Waals surface area contributed by atoms with Crippen LogP contribution in [0.25, 0.3) is 0 Å². The van der Waals surface area contributed by atoms with Gasteiger partial charge >= 0.3 is 0 Å². The lowest BCUT2D eigenvalue weighted by Gasteiger charge is -2.17. The van der Waals surface area contributed by atoms with E-state index in [1.165, 1.54) is 4.90 Å². The Morgan fingerprint density at radius 3 is 2.45 bits per heavy atom. The van der Waals surface area contributed by atoms with Crippen molar-refractivity contribution in [1.82, 2.24) is 4.90 Å². The molecular formula is C13H16FN3O3. The molecule has 0 radical (unpaired) electrons. The molecule has 0 spiro atoms. The van der Waals surface area contributed by atoms with Gasteiger partial charge < -0.3 is 10.6 Å². The summed E-state index contributed by atoms with van der Waals surface area (Å²) in [5.74, 6) is -0.797. The van der Waals surface area contributed by atoms with Gasteiger partial charge in [0.2, 0.25) is 0 Å². The number of halogens is 1. The highest BCUT2D eigenvalue weighted by molar-refractivity contribution is 6.01. The van der Waals surface area contributed by atoms with Gasteiger partial charge in [0.25, 0.3) is 11.6 Å². The van der Waals surface area contributed by atoms with Crippen molar-refractivity contribution in [1.29, 1.82) is 0 Å². The van der Waals surface area contributed by atoms with Crippen LogP contribution in [0.4, 0.5) is 15.8 Å². The first kappa shape index (κ1) is 14.2. The first-order valence-electron chi connectivity index (χ1n) is 6.34. The minimum absolute atomic E-state index is 0.307. The highest BCUT2D eigenvalue weighted by atomic mass is 19.1. The summed E-state index contributed by atoms with van der Waals surface area (Å²) in [5.41, 5.74) is 4.33. The van der Waals surface area contributed by atoms with E-state index in [0.29, 0.717) is 24.9 Å². The van der Waals surface area contributed by atoms with Crippen molar-refractivity contribution in [2.75, 3.05) is 18.8 Å². The summed E-state index contributed by atoms with van der Waals surface area (Å²) in [6.45, 7) is 5.01. The number of nitrogen functional groups attached to an aromatic ring is 1. The largest absolute Gasteiger partial charge is 0.392 e. The number of benzene rings is 1. The van der Waals surface area contributed by atoms with E-state index in [4.69, 9.17) is 5.73 Å². The van der Waals surface area contributed by atoms with Crippen molar-refractivity contribution in [3.05, 3.63) is 33.6 Å². The Bertz CT molecular complexity index is 566. The number of nitro benzene ring substituents is 1. The number of nitrogens with two attached hydrogens (primary N) is 1. The molecule has 1 aromatic rings. The molecule has 1 aromatic carbocycles.